The maximum Gasteiger partial charge on any atom is 0.335 e. The molecule has 0 aromatic heterocycles. The number of aliphatic hydroxyl groups excluding tert-OH is 1. The minimum atomic E-state index is -3.77. The number of aliphatic hydroxyl groups is 1. The Morgan fingerprint density at radius 3 is 2.29 bits per heavy atom. The van der Waals surface area contributed by atoms with Gasteiger partial charge in [0.25, 0.3) is 10.0 Å². The summed E-state index contributed by atoms with van der Waals surface area (Å²) in [5.74, 6) is -0.377. The first-order valence-electron chi connectivity index (χ1n) is 13.0. The number of sulfonamides is 1. The fourth-order valence-corrected chi connectivity index (χ4v) is 6.46. The summed E-state index contributed by atoms with van der Waals surface area (Å²) in [6.45, 7) is -0.0524. The van der Waals surface area contributed by atoms with E-state index in [0.29, 0.717) is 23.4 Å². The second-order valence-electron chi connectivity index (χ2n) is 9.53. The predicted octanol–water partition coefficient (Wildman–Crippen LogP) is 6.02. The molecular formula is C31H29NO7S2. The zero-order valence-corrected chi connectivity index (χ0v) is 23.6. The molecule has 0 bridgehead atoms. The number of anilines is 1. The molecule has 10 heteroatoms. The molecule has 0 amide bonds. The van der Waals surface area contributed by atoms with E-state index in [1.807, 2.05) is 30.3 Å². The van der Waals surface area contributed by atoms with E-state index in [-0.39, 0.29) is 29.3 Å². The van der Waals surface area contributed by atoms with Crippen LogP contribution < -0.4 is 4.72 Å². The van der Waals surface area contributed by atoms with Crippen molar-refractivity contribution in [3.8, 4) is 0 Å². The van der Waals surface area contributed by atoms with Gasteiger partial charge in [-0.1, -0.05) is 54.6 Å². The van der Waals surface area contributed by atoms with Gasteiger partial charge in [-0.3, -0.25) is 4.72 Å². The van der Waals surface area contributed by atoms with Crippen LogP contribution in [0.15, 0.2) is 113 Å². The maximum atomic E-state index is 12.9. The number of carboxylic acid groups (broad SMARTS) is 1. The Kier molecular flexibility index (Phi) is 9.06. The van der Waals surface area contributed by atoms with Crippen LogP contribution in [-0.2, 0) is 26.1 Å². The van der Waals surface area contributed by atoms with E-state index < -0.39 is 22.3 Å². The van der Waals surface area contributed by atoms with Crippen molar-refractivity contribution in [2.24, 2.45) is 0 Å². The second-order valence-corrected chi connectivity index (χ2v) is 12.3. The number of rotatable bonds is 10. The average Bonchev–Trinajstić information content (AvgIpc) is 3.00. The highest BCUT2D eigenvalue weighted by Gasteiger charge is 2.32. The fourth-order valence-electron chi connectivity index (χ4n) is 4.47. The smallest absolute Gasteiger partial charge is 0.335 e. The third-order valence-corrected chi connectivity index (χ3v) is 9.16. The molecule has 0 radical (unpaired) electrons. The van der Waals surface area contributed by atoms with Crippen LogP contribution in [0.3, 0.4) is 0 Å². The fraction of sp³-hybridized carbons (Fsp3) is 0.194. The van der Waals surface area contributed by atoms with Gasteiger partial charge >= 0.3 is 5.97 Å². The molecule has 5 rings (SSSR count). The highest BCUT2D eigenvalue weighted by molar-refractivity contribution is 7.99. The summed E-state index contributed by atoms with van der Waals surface area (Å²) in [5, 5.41) is 18.6. The number of hydrogen-bond acceptors (Lipinski definition) is 7. The normalized spacial score (nSPS) is 19.0. The number of carbonyl (C=O) groups is 1. The standard InChI is InChI=1S/C31H29NO7S2/c33-19-21-9-11-22(12-10-21)29-18-26(20-40-27-15-13-23(14-16-27)30(34)35)38-31(39-29)24-5-4-6-25(17-24)32-41(36,37)28-7-2-1-3-8-28/h1-17,26,29,31-33H,18-20H2,(H,34,35). The molecule has 3 N–H and O–H groups in total. The predicted molar refractivity (Wildman–Crippen MR) is 156 cm³/mol. The number of nitrogens with one attached hydrogen (secondary N) is 1. The first-order chi connectivity index (χ1) is 19.8. The van der Waals surface area contributed by atoms with Crippen molar-refractivity contribution >= 4 is 33.4 Å². The number of carboxylic acids is 1. The van der Waals surface area contributed by atoms with E-state index in [2.05, 4.69) is 4.72 Å². The van der Waals surface area contributed by atoms with Gasteiger partial charge in [-0.15, -0.1) is 11.8 Å². The quantitative estimate of drug-likeness (QED) is 0.192. The van der Waals surface area contributed by atoms with E-state index in [4.69, 9.17) is 14.6 Å². The maximum absolute atomic E-state index is 12.9. The largest absolute Gasteiger partial charge is 0.478 e. The van der Waals surface area contributed by atoms with Crippen molar-refractivity contribution in [3.63, 3.8) is 0 Å². The van der Waals surface area contributed by atoms with Crippen LogP contribution in [0.1, 0.15) is 45.9 Å². The lowest BCUT2D eigenvalue weighted by Crippen LogP contribution is -2.31. The van der Waals surface area contributed by atoms with Crippen LogP contribution in [0.5, 0.6) is 0 Å². The van der Waals surface area contributed by atoms with Crippen molar-refractivity contribution in [1.29, 1.82) is 0 Å². The zero-order chi connectivity index (χ0) is 28.8. The molecule has 3 atom stereocenters. The molecule has 1 aliphatic heterocycles. The Bertz CT molecular complexity index is 1580. The molecule has 1 saturated heterocycles. The average molecular weight is 592 g/mol. The van der Waals surface area contributed by atoms with Crippen LogP contribution in [-0.4, -0.2) is 36.5 Å². The lowest BCUT2D eigenvalue weighted by atomic mass is 10.0. The second kappa shape index (κ2) is 12.9. The number of hydrogen-bond donors (Lipinski definition) is 3. The van der Waals surface area contributed by atoms with Crippen LogP contribution in [0, 0.1) is 0 Å². The number of ether oxygens (including phenoxy) is 2. The van der Waals surface area contributed by atoms with Gasteiger partial charge in [0.05, 0.1) is 29.3 Å². The van der Waals surface area contributed by atoms with Crippen molar-refractivity contribution in [2.45, 2.75) is 41.3 Å². The molecule has 0 aliphatic carbocycles. The summed E-state index contributed by atoms with van der Waals surface area (Å²) in [4.78, 5) is 12.3. The molecule has 212 valence electrons. The molecule has 0 spiro atoms. The Balaban J connectivity index is 1.36. The molecule has 41 heavy (non-hydrogen) atoms. The molecule has 8 nitrogen and oxygen atoms in total. The van der Waals surface area contributed by atoms with Crippen molar-refractivity contribution in [2.75, 3.05) is 10.5 Å². The minimum absolute atomic E-state index is 0.0524. The number of thioether (sulfide) groups is 1. The summed E-state index contributed by atoms with van der Waals surface area (Å²) in [6, 6.07) is 29.4. The van der Waals surface area contributed by atoms with Crippen LogP contribution >= 0.6 is 11.8 Å². The molecule has 0 saturated carbocycles. The van der Waals surface area contributed by atoms with Gasteiger partial charge < -0.3 is 19.7 Å². The van der Waals surface area contributed by atoms with E-state index in [0.717, 1.165) is 16.0 Å². The van der Waals surface area contributed by atoms with Crippen LogP contribution in [0.2, 0.25) is 0 Å². The number of aromatic carboxylic acids is 1. The van der Waals surface area contributed by atoms with E-state index in [1.54, 1.807) is 72.4 Å². The van der Waals surface area contributed by atoms with E-state index in [9.17, 15) is 18.3 Å². The summed E-state index contributed by atoms with van der Waals surface area (Å²) in [6.07, 6.45) is -0.696. The molecule has 1 heterocycles. The Labute approximate surface area is 243 Å². The van der Waals surface area contributed by atoms with Gasteiger partial charge in [0.15, 0.2) is 6.29 Å². The summed E-state index contributed by atoms with van der Waals surface area (Å²) in [5.41, 5.74) is 3.02. The van der Waals surface area contributed by atoms with Gasteiger partial charge in [0.1, 0.15) is 0 Å². The summed E-state index contributed by atoms with van der Waals surface area (Å²) >= 11 is 1.56. The van der Waals surface area contributed by atoms with Crippen molar-refractivity contribution in [3.05, 3.63) is 125 Å². The van der Waals surface area contributed by atoms with E-state index >= 15 is 0 Å². The van der Waals surface area contributed by atoms with Crippen LogP contribution in [0.25, 0.3) is 0 Å². The molecule has 1 aliphatic rings. The first-order valence-corrected chi connectivity index (χ1v) is 15.4. The van der Waals surface area contributed by atoms with Crippen LogP contribution in [0.4, 0.5) is 5.69 Å². The molecule has 3 unspecified atom stereocenters. The molecular weight excluding hydrogens is 562 g/mol. The zero-order valence-electron chi connectivity index (χ0n) is 21.9. The van der Waals surface area contributed by atoms with Crippen molar-refractivity contribution in [1.82, 2.24) is 0 Å². The third-order valence-electron chi connectivity index (χ3n) is 6.62. The van der Waals surface area contributed by atoms with Gasteiger partial charge in [-0.05, 0) is 59.7 Å². The highest BCUT2D eigenvalue weighted by Crippen LogP contribution is 2.40. The lowest BCUT2D eigenvalue weighted by molar-refractivity contribution is -0.245. The topological polar surface area (TPSA) is 122 Å². The van der Waals surface area contributed by atoms with Gasteiger partial charge in [-0.2, -0.15) is 0 Å². The first kappa shape index (κ1) is 28.8. The molecule has 4 aromatic rings. The molecule has 4 aromatic carbocycles. The lowest BCUT2D eigenvalue weighted by Gasteiger charge is -2.36. The Morgan fingerprint density at radius 2 is 1.61 bits per heavy atom. The van der Waals surface area contributed by atoms with Gasteiger partial charge in [0.2, 0.25) is 0 Å². The minimum Gasteiger partial charge on any atom is -0.478 e. The van der Waals surface area contributed by atoms with Gasteiger partial charge in [-0.25, -0.2) is 13.2 Å². The highest BCUT2D eigenvalue weighted by atomic mass is 32.2. The summed E-state index contributed by atoms with van der Waals surface area (Å²) in [7, 11) is -3.77. The number of benzene rings is 4. The third kappa shape index (κ3) is 7.35. The SMILES string of the molecule is O=C(O)c1ccc(SCC2CC(c3ccc(CO)cc3)OC(c3cccc(NS(=O)(=O)c4ccccc4)c3)O2)cc1. The Morgan fingerprint density at radius 1 is 0.878 bits per heavy atom. The molecule has 1 fully saturated rings. The van der Waals surface area contributed by atoms with Crippen molar-refractivity contribution < 1.29 is 32.9 Å². The summed E-state index contributed by atoms with van der Waals surface area (Å²) < 4.78 is 41.2. The van der Waals surface area contributed by atoms with E-state index in [1.165, 1.54) is 12.1 Å². The van der Waals surface area contributed by atoms with Gasteiger partial charge in [0, 0.05) is 28.3 Å². The monoisotopic (exact) mass is 591 g/mol. The Hall–Kier alpha value is -3.67.